The van der Waals surface area contributed by atoms with E-state index in [1.54, 1.807) is 30.3 Å². The maximum atomic E-state index is 13.0. The number of rotatable bonds is 9. The second-order valence-electron chi connectivity index (χ2n) is 7.16. The van der Waals surface area contributed by atoms with Crippen molar-refractivity contribution in [1.29, 1.82) is 0 Å². The average Bonchev–Trinajstić information content (AvgIpc) is 2.85. The molecule has 0 unspecified atom stereocenters. The molecular weight excluding hydrogens is 480 g/mol. The van der Waals surface area contributed by atoms with Crippen LogP contribution in [0.1, 0.15) is 11.1 Å². The summed E-state index contributed by atoms with van der Waals surface area (Å²) in [5.41, 5.74) is 0.973. The van der Waals surface area contributed by atoms with Crippen LogP contribution in [0.25, 0.3) is 0 Å². The number of nitrogens with zero attached hydrogens (tertiary/aromatic N) is 2. The molecule has 0 aromatic heterocycles. The van der Waals surface area contributed by atoms with E-state index in [0.717, 1.165) is 0 Å². The molecule has 35 heavy (non-hydrogen) atoms. The lowest BCUT2D eigenvalue weighted by Crippen LogP contribution is -2.49. The number of anilines is 1. The number of halogens is 1. The lowest BCUT2D eigenvalue weighted by atomic mass is 10.2. The van der Waals surface area contributed by atoms with Gasteiger partial charge in [0.1, 0.15) is 19.0 Å². The van der Waals surface area contributed by atoms with Crippen molar-refractivity contribution in [2.45, 2.75) is 19.3 Å². The van der Waals surface area contributed by atoms with Gasteiger partial charge in [-0.25, -0.2) is 9.59 Å². The summed E-state index contributed by atoms with van der Waals surface area (Å²) in [6.45, 7) is -0.477. The van der Waals surface area contributed by atoms with Crippen LogP contribution >= 0.6 is 11.6 Å². The zero-order valence-electron chi connectivity index (χ0n) is 18.1. The van der Waals surface area contributed by atoms with E-state index in [1.807, 2.05) is 0 Å². The zero-order chi connectivity index (χ0) is 25.4. The van der Waals surface area contributed by atoms with Gasteiger partial charge in [-0.15, -0.1) is 0 Å². The molecule has 3 rings (SSSR count). The van der Waals surface area contributed by atoms with Crippen LogP contribution in [-0.2, 0) is 32.3 Å². The quantitative estimate of drug-likeness (QED) is 0.151. The molecule has 0 saturated carbocycles. The van der Waals surface area contributed by atoms with Gasteiger partial charge in [0.15, 0.2) is 0 Å². The molecule has 1 amide bonds. The van der Waals surface area contributed by atoms with Crippen molar-refractivity contribution >= 4 is 40.3 Å². The van der Waals surface area contributed by atoms with Gasteiger partial charge in [0.25, 0.3) is 10.9 Å². The number of amides is 1. The van der Waals surface area contributed by atoms with Gasteiger partial charge in [0.2, 0.25) is 6.04 Å². The lowest BCUT2D eigenvalue weighted by molar-refractivity contribution is -0.384. The van der Waals surface area contributed by atoms with Crippen LogP contribution in [-0.4, -0.2) is 33.4 Å². The number of carbonyl (C=O) groups excluding carboxylic acids is 3. The lowest BCUT2D eigenvalue weighted by Gasteiger charge is -2.27. The highest BCUT2D eigenvalue weighted by molar-refractivity contribution is 6.67. The largest absolute Gasteiger partial charge is 0.508 e. The van der Waals surface area contributed by atoms with Gasteiger partial charge >= 0.3 is 12.1 Å². The number of phenols is 1. The number of hydrogen-bond acceptors (Lipinski definition) is 8. The SMILES string of the molecule is O=C(Cl)[C@H](C(=O)OCc1ccccc1)N(C(=O)OCc1ccc([N+](=O)[O-])cc1)c1ccc(O)cc1. The summed E-state index contributed by atoms with van der Waals surface area (Å²) in [4.78, 5) is 49.1. The van der Waals surface area contributed by atoms with Crippen LogP contribution < -0.4 is 4.90 Å². The Labute approximate surface area is 204 Å². The number of ether oxygens (including phenoxy) is 2. The molecule has 11 heteroatoms. The third-order valence-electron chi connectivity index (χ3n) is 4.75. The summed E-state index contributed by atoms with van der Waals surface area (Å²) in [5.74, 6) is -1.21. The molecule has 3 aromatic rings. The van der Waals surface area contributed by atoms with Gasteiger partial charge in [-0.3, -0.25) is 19.8 Å². The molecule has 1 N–H and O–H groups in total. The van der Waals surface area contributed by atoms with Crippen LogP contribution in [0.5, 0.6) is 5.75 Å². The van der Waals surface area contributed by atoms with E-state index < -0.39 is 28.3 Å². The highest BCUT2D eigenvalue weighted by Crippen LogP contribution is 2.24. The summed E-state index contributed by atoms with van der Waals surface area (Å²) in [5, 5.41) is 19.2. The number of non-ortho nitro benzene ring substituents is 1. The normalized spacial score (nSPS) is 11.2. The van der Waals surface area contributed by atoms with E-state index in [4.69, 9.17) is 21.1 Å². The number of phenolic OH excluding ortho intramolecular Hbond substituents is 1. The van der Waals surface area contributed by atoms with Crippen molar-refractivity contribution < 1.29 is 33.9 Å². The Morgan fingerprint density at radius 2 is 1.46 bits per heavy atom. The minimum Gasteiger partial charge on any atom is -0.508 e. The highest BCUT2D eigenvalue weighted by Gasteiger charge is 2.39. The number of esters is 1. The van der Waals surface area contributed by atoms with E-state index in [1.165, 1.54) is 48.5 Å². The molecular formula is C24H19ClN2O8. The molecule has 0 bridgehead atoms. The fourth-order valence-electron chi connectivity index (χ4n) is 3.01. The van der Waals surface area contributed by atoms with Crippen molar-refractivity contribution in [1.82, 2.24) is 0 Å². The topological polar surface area (TPSA) is 136 Å². The Bertz CT molecular complexity index is 1200. The fraction of sp³-hybridized carbons (Fsp3) is 0.125. The van der Waals surface area contributed by atoms with Gasteiger partial charge < -0.3 is 14.6 Å². The van der Waals surface area contributed by atoms with Crippen LogP contribution in [0.4, 0.5) is 16.2 Å². The molecule has 0 radical (unpaired) electrons. The van der Waals surface area contributed by atoms with Crippen molar-refractivity contribution in [3.05, 3.63) is 100 Å². The van der Waals surface area contributed by atoms with Crippen molar-refractivity contribution in [3.63, 3.8) is 0 Å². The highest BCUT2D eigenvalue weighted by atomic mass is 35.5. The number of carbonyl (C=O) groups is 3. The first-order valence-electron chi connectivity index (χ1n) is 10.1. The number of benzene rings is 3. The first kappa shape index (κ1) is 25.2. The van der Waals surface area contributed by atoms with Crippen molar-refractivity contribution in [3.8, 4) is 5.75 Å². The van der Waals surface area contributed by atoms with Gasteiger partial charge in [0.05, 0.1) is 4.92 Å². The van der Waals surface area contributed by atoms with E-state index >= 15 is 0 Å². The van der Waals surface area contributed by atoms with E-state index in [9.17, 15) is 29.6 Å². The molecule has 3 aromatic carbocycles. The van der Waals surface area contributed by atoms with E-state index in [0.29, 0.717) is 16.0 Å². The smallest absolute Gasteiger partial charge is 0.415 e. The number of nitro groups is 1. The molecule has 0 aliphatic rings. The fourth-order valence-corrected chi connectivity index (χ4v) is 3.20. The van der Waals surface area contributed by atoms with E-state index in [2.05, 4.69) is 0 Å². The maximum Gasteiger partial charge on any atom is 0.415 e. The first-order chi connectivity index (χ1) is 16.8. The molecule has 0 spiro atoms. The monoisotopic (exact) mass is 498 g/mol. The number of nitro benzene ring substituents is 1. The minimum atomic E-state index is -1.88. The summed E-state index contributed by atoms with van der Waals surface area (Å²) >= 11 is 5.70. The molecule has 180 valence electrons. The van der Waals surface area contributed by atoms with Crippen LogP contribution in [0.3, 0.4) is 0 Å². The van der Waals surface area contributed by atoms with E-state index in [-0.39, 0.29) is 30.3 Å². The average molecular weight is 499 g/mol. The second-order valence-corrected chi connectivity index (χ2v) is 7.54. The summed E-state index contributed by atoms with van der Waals surface area (Å²) in [6, 6.07) is 17.2. The minimum absolute atomic E-state index is 0.0344. The zero-order valence-corrected chi connectivity index (χ0v) is 18.8. The maximum absolute atomic E-state index is 13.0. The Hall–Kier alpha value is -4.44. The van der Waals surface area contributed by atoms with Crippen LogP contribution in [0, 0.1) is 10.1 Å². The van der Waals surface area contributed by atoms with Crippen molar-refractivity contribution in [2.24, 2.45) is 0 Å². The molecule has 0 saturated heterocycles. The second kappa shape index (κ2) is 11.6. The Morgan fingerprint density at radius 3 is 2.03 bits per heavy atom. The Balaban J connectivity index is 1.82. The summed E-state index contributed by atoms with van der Waals surface area (Å²) < 4.78 is 10.5. The summed E-state index contributed by atoms with van der Waals surface area (Å²) in [6.07, 6.45) is -1.11. The molecule has 0 fully saturated rings. The van der Waals surface area contributed by atoms with Gasteiger partial charge in [-0.1, -0.05) is 30.3 Å². The van der Waals surface area contributed by atoms with Gasteiger partial charge in [0, 0.05) is 17.8 Å². The number of hydrogen-bond donors (Lipinski definition) is 1. The Kier molecular flexibility index (Phi) is 8.36. The van der Waals surface area contributed by atoms with Gasteiger partial charge in [-0.05, 0) is 59.1 Å². The standard InChI is InChI=1S/C24H19ClN2O8/c25-22(29)21(23(30)34-14-16-4-2-1-3-5-16)26(18-10-12-20(28)13-11-18)24(31)35-15-17-6-8-19(9-7-17)27(32)33/h1-13,21,28H,14-15H2/t21-/m1/s1. The molecule has 0 aliphatic carbocycles. The molecule has 0 heterocycles. The predicted octanol–water partition coefficient (Wildman–Crippen LogP) is 4.32. The predicted molar refractivity (Wildman–Crippen MR) is 125 cm³/mol. The third-order valence-corrected chi connectivity index (χ3v) is 4.96. The Morgan fingerprint density at radius 1 is 0.886 bits per heavy atom. The van der Waals surface area contributed by atoms with Crippen LogP contribution in [0.15, 0.2) is 78.9 Å². The molecule has 1 atom stereocenters. The van der Waals surface area contributed by atoms with Crippen LogP contribution in [0.2, 0.25) is 0 Å². The molecule has 10 nitrogen and oxygen atoms in total. The third kappa shape index (κ3) is 6.78. The first-order valence-corrected chi connectivity index (χ1v) is 10.5. The van der Waals surface area contributed by atoms with Crippen molar-refractivity contribution in [2.75, 3.05) is 4.90 Å². The number of aromatic hydroxyl groups is 1. The molecule has 0 aliphatic heterocycles. The van der Waals surface area contributed by atoms with Gasteiger partial charge in [-0.2, -0.15) is 0 Å². The summed E-state index contributed by atoms with van der Waals surface area (Å²) in [7, 11) is 0.